The first-order valence-corrected chi connectivity index (χ1v) is 3.10. The second-order valence-corrected chi connectivity index (χ2v) is 1.40. The van der Waals surface area contributed by atoms with Gasteiger partial charge in [0.1, 0.15) is 0 Å². The van der Waals surface area contributed by atoms with E-state index in [9.17, 15) is 0 Å². The molecule has 0 aliphatic heterocycles. The standard InChI is InChI=1S/C6H5N.C2H6.2Y/c1-6-2-4-7-5-3-6;1-2;;/h2-3H,1H3;1-2H3;;/q-2;;;. The van der Waals surface area contributed by atoms with Crippen LogP contribution < -0.4 is 0 Å². The predicted molar refractivity (Wildman–Crippen MR) is 38.0 cm³/mol. The van der Waals surface area contributed by atoms with Gasteiger partial charge >= 0.3 is 0 Å². The van der Waals surface area contributed by atoms with Gasteiger partial charge < -0.3 is 4.98 Å². The fraction of sp³-hybridized carbons (Fsp3) is 0.375. The van der Waals surface area contributed by atoms with E-state index in [0.717, 1.165) is 5.56 Å². The molecule has 0 amide bonds. The van der Waals surface area contributed by atoms with E-state index >= 15 is 0 Å². The van der Waals surface area contributed by atoms with Gasteiger partial charge in [-0.05, 0) is 0 Å². The monoisotopic (exact) mass is 299 g/mol. The number of hydrogen-bond donors (Lipinski definition) is 0. The largest absolute Gasteiger partial charge is 0.543 e. The summed E-state index contributed by atoms with van der Waals surface area (Å²) in [6, 6.07) is 3.63. The first-order chi connectivity index (χ1) is 4.39. The van der Waals surface area contributed by atoms with Crippen LogP contribution in [0.2, 0.25) is 0 Å². The average molecular weight is 299 g/mol. The Kier molecular flexibility index (Phi) is 23.0. The second-order valence-electron chi connectivity index (χ2n) is 1.40. The number of aryl methyl sites for hydroxylation is 1. The third-order valence-electron chi connectivity index (χ3n) is 0.714. The molecule has 0 aliphatic carbocycles. The molecule has 0 atom stereocenters. The Morgan fingerprint density at radius 2 is 1.45 bits per heavy atom. The minimum absolute atomic E-state index is 0. The molecule has 2 radical (unpaired) electrons. The molecule has 11 heavy (non-hydrogen) atoms. The van der Waals surface area contributed by atoms with Crippen molar-refractivity contribution in [3.63, 3.8) is 0 Å². The maximum absolute atomic E-state index is 3.60. The Morgan fingerprint density at radius 1 is 1.09 bits per heavy atom. The van der Waals surface area contributed by atoms with E-state index in [1.165, 1.54) is 0 Å². The van der Waals surface area contributed by atoms with Crippen LogP contribution in [-0.4, -0.2) is 4.98 Å². The van der Waals surface area contributed by atoms with Crippen LogP contribution in [0.1, 0.15) is 19.4 Å². The number of nitrogens with zero attached hydrogens (tertiary/aromatic N) is 1. The van der Waals surface area contributed by atoms with Gasteiger partial charge in [0.25, 0.3) is 0 Å². The molecule has 0 fully saturated rings. The zero-order valence-electron chi connectivity index (χ0n) is 7.26. The van der Waals surface area contributed by atoms with Crippen LogP contribution >= 0.6 is 0 Å². The third-order valence-corrected chi connectivity index (χ3v) is 0.714. The molecule has 1 heterocycles. The summed E-state index contributed by atoms with van der Waals surface area (Å²) in [5.41, 5.74) is 1.15. The van der Waals surface area contributed by atoms with E-state index in [0.29, 0.717) is 0 Å². The molecular weight excluding hydrogens is 288 g/mol. The molecule has 0 aromatic carbocycles. The van der Waals surface area contributed by atoms with Gasteiger partial charge in [-0.15, -0.1) is 6.92 Å². The second kappa shape index (κ2) is 13.9. The van der Waals surface area contributed by atoms with Crippen molar-refractivity contribution in [1.29, 1.82) is 0 Å². The molecule has 0 bridgehead atoms. The third kappa shape index (κ3) is 11.4. The molecule has 0 spiro atoms. The van der Waals surface area contributed by atoms with Gasteiger partial charge in [-0.2, -0.15) is 0 Å². The molecule has 1 aromatic heterocycles. The van der Waals surface area contributed by atoms with E-state index in [1.807, 2.05) is 32.9 Å². The number of pyridine rings is 1. The van der Waals surface area contributed by atoms with Crippen molar-refractivity contribution >= 4 is 0 Å². The maximum Gasteiger partial charge on any atom is 0 e. The van der Waals surface area contributed by atoms with Crippen molar-refractivity contribution in [1.82, 2.24) is 4.98 Å². The molecule has 0 unspecified atom stereocenters. The maximum atomic E-state index is 3.60. The molecule has 0 saturated heterocycles. The van der Waals surface area contributed by atoms with Crippen LogP contribution in [0, 0.1) is 19.3 Å². The first kappa shape index (κ1) is 18.2. The van der Waals surface area contributed by atoms with Gasteiger partial charge in [0.15, 0.2) is 0 Å². The van der Waals surface area contributed by atoms with E-state index in [4.69, 9.17) is 0 Å². The minimum atomic E-state index is 0. The molecule has 0 N–H and O–H groups in total. The van der Waals surface area contributed by atoms with Crippen LogP contribution in [0.15, 0.2) is 12.1 Å². The quantitative estimate of drug-likeness (QED) is 0.668. The minimum Gasteiger partial charge on any atom is -0.543 e. The summed E-state index contributed by atoms with van der Waals surface area (Å²) >= 11 is 0. The van der Waals surface area contributed by atoms with Crippen LogP contribution in [0.3, 0.4) is 0 Å². The van der Waals surface area contributed by atoms with Crippen LogP contribution in [0.5, 0.6) is 0 Å². The van der Waals surface area contributed by atoms with Gasteiger partial charge in [-0.25, -0.2) is 0 Å². The van der Waals surface area contributed by atoms with Crippen molar-refractivity contribution in [2.75, 3.05) is 0 Å². The summed E-state index contributed by atoms with van der Waals surface area (Å²) in [6.07, 6.45) is 5.31. The Morgan fingerprint density at radius 3 is 1.64 bits per heavy atom. The number of aromatic nitrogens is 1. The zero-order chi connectivity index (χ0) is 7.11. The Balaban J connectivity index is -0.000000149. The van der Waals surface area contributed by atoms with Crippen molar-refractivity contribution in [2.24, 2.45) is 0 Å². The summed E-state index contributed by atoms with van der Waals surface area (Å²) in [5.74, 6) is 0. The molecule has 0 aliphatic rings. The number of rotatable bonds is 0. The van der Waals surface area contributed by atoms with Crippen LogP contribution in [0.4, 0.5) is 0 Å². The van der Waals surface area contributed by atoms with Crippen molar-refractivity contribution in [3.05, 3.63) is 30.1 Å². The van der Waals surface area contributed by atoms with Gasteiger partial charge in [-0.3, -0.25) is 30.1 Å². The summed E-state index contributed by atoms with van der Waals surface area (Å²) in [6.45, 7) is 5.98. The smallest absolute Gasteiger partial charge is 0 e. The van der Waals surface area contributed by atoms with E-state index in [-0.39, 0.29) is 65.4 Å². The summed E-state index contributed by atoms with van der Waals surface area (Å²) in [7, 11) is 0. The van der Waals surface area contributed by atoms with Gasteiger partial charge in [0, 0.05) is 65.4 Å². The van der Waals surface area contributed by atoms with Crippen LogP contribution in [0.25, 0.3) is 0 Å². The zero-order valence-corrected chi connectivity index (χ0v) is 12.9. The fourth-order valence-electron chi connectivity index (χ4n) is 0.347. The Hall–Kier alpha value is 1.36. The molecule has 0 saturated carbocycles. The van der Waals surface area contributed by atoms with Crippen molar-refractivity contribution in [2.45, 2.75) is 20.8 Å². The topological polar surface area (TPSA) is 12.9 Å². The normalized spacial score (nSPS) is 6.09. The summed E-state index contributed by atoms with van der Waals surface area (Å²) in [5, 5.41) is 0. The Labute approximate surface area is 120 Å². The molecule has 1 aromatic rings. The molecule has 56 valence electrons. The van der Waals surface area contributed by atoms with Crippen molar-refractivity contribution < 1.29 is 65.4 Å². The van der Waals surface area contributed by atoms with E-state index < -0.39 is 0 Å². The summed E-state index contributed by atoms with van der Waals surface area (Å²) in [4.78, 5) is 3.60. The first-order valence-electron chi connectivity index (χ1n) is 3.10. The molecular formula is C8H11NY2-2. The predicted octanol–water partition coefficient (Wildman–Crippen LogP) is 2.01. The Bertz CT molecular complexity index is 142. The van der Waals surface area contributed by atoms with Gasteiger partial charge in [0.2, 0.25) is 0 Å². The average Bonchev–Trinajstić information content (AvgIpc) is 1.94. The summed E-state index contributed by atoms with van der Waals surface area (Å²) < 4.78 is 0. The molecule has 3 heteroatoms. The van der Waals surface area contributed by atoms with Crippen LogP contribution in [-0.2, 0) is 65.4 Å². The molecule has 1 nitrogen and oxygen atoms in total. The van der Waals surface area contributed by atoms with Crippen molar-refractivity contribution in [3.8, 4) is 0 Å². The number of hydrogen-bond acceptors (Lipinski definition) is 1. The van der Waals surface area contributed by atoms with Gasteiger partial charge in [0.05, 0.1) is 0 Å². The molecule has 1 rings (SSSR count). The van der Waals surface area contributed by atoms with Gasteiger partial charge in [-0.1, -0.05) is 13.8 Å². The van der Waals surface area contributed by atoms with E-state index in [2.05, 4.69) is 17.4 Å². The fourth-order valence-corrected chi connectivity index (χ4v) is 0.347. The SMILES string of the molecule is CC.Cc1c[c-]n[c-]c1.[Y].[Y]. The van der Waals surface area contributed by atoms with E-state index in [1.54, 1.807) is 0 Å².